The number of thiazole rings is 1. The van der Waals surface area contributed by atoms with E-state index >= 15 is 0 Å². The molecule has 6 heteroatoms. The molecule has 25 heavy (non-hydrogen) atoms. The first-order valence-corrected chi connectivity index (χ1v) is 9.87. The number of ether oxygens (including phenoxy) is 1. The lowest BCUT2D eigenvalue weighted by Crippen LogP contribution is -2.32. The summed E-state index contributed by atoms with van der Waals surface area (Å²) < 4.78 is 6.25. The summed E-state index contributed by atoms with van der Waals surface area (Å²) in [6.07, 6.45) is 2.14. The summed E-state index contributed by atoms with van der Waals surface area (Å²) in [5.41, 5.74) is 2.22. The third kappa shape index (κ3) is 5.16. The van der Waals surface area contributed by atoms with E-state index in [1.807, 2.05) is 19.9 Å². The van der Waals surface area contributed by atoms with Crippen molar-refractivity contribution >= 4 is 32.8 Å². The second-order valence-electron chi connectivity index (χ2n) is 7.40. The summed E-state index contributed by atoms with van der Waals surface area (Å²) in [6.45, 7) is 10.1. The Kier molecular flexibility index (Phi) is 5.91. The standard InChI is InChI=1S/C19H27N3O2S/c1-13(2)12-24-19(23)21-18-20-16-5-4-15(10-17(16)25-18)11-22-8-6-14(3)7-9-22/h4-5,10,13-14H,6-9,11-12H2,1-3H3,(H,20,21,23). The fourth-order valence-corrected chi connectivity index (χ4v) is 3.88. The van der Waals surface area contributed by atoms with Gasteiger partial charge in [0.1, 0.15) is 0 Å². The number of nitrogens with one attached hydrogen (secondary N) is 1. The lowest BCUT2D eigenvalue weighted by molar-refractivity contribution is 0.147. The van der Waals surface area contributed by atoms with Gasteiger partial charge in [0.25, 0.3) is 0 Å². The largest absolute Gasteiger partial charge is 0.449 e. The molecule has 0 aliphatic carbocycles. The maximum absolute atomic E-state index is 11.8. The molecule has 0 saturated carbocycles. The molecule has 1 saturated heterocycles. The zero-order chi connectivity index (χ0) is 17.8. The van der Waals surface area contributed by atoms with Crippen molar-refractivity contribution in [3.63, 3.8) is 0 Å². The molecule has 2 heterocycles. The lowest BCUT2D eigenvalue weighted by atomic mass is 9.99. The van der Waals surface area contributed by atoms with Crippen LogP contribution < -0.4 is 5.32 Å². The number of likely N-dealkylation sites (tertiary alicyclic amines) is 1. The Balaban J connectivity index is 1.62. The highest BCUT2D eigenvalue weighted by atomic mass is 32.1. The van der Waals surface area contributed by atoms with E-state index in [4.69, 9.17) is 4.74 Å². The maximum Gasteiger partial charge on any atom is 0.413 e. The van der Waals surface area contributed by atoms with Crippen LogP contribution in [-0.2, 0) is 11.3 Å². The Labute approximate surface area is 153 Å². The van der Waals surface area contributed by atoms with Gasteiger partial charge < -0.3 is 4.74 Å². The van der Waals surface area contributed by atoms with Crippen LogP contribution in [0, 0.1) is 11.8 Å². The molecule has 136 valence electrons. The number of carbonyl (C=O) groups excluding carboxylic acids is 1. The van der Waals surface area contributed by atoms with Crippen molar-refractivity contribution in [2.45, 2.75) is 40.2 Å². The number of hydrogen-bond donors (Lipinski definition) is 1. The topological polar surface area (TPSA) is 54.5 Å². The Hall–Kier alpha value is -1.66. The number of nitrogens with zero attached hydrogens (tertiary/aromatic N) is 2. The second kappa shape index (κ2) is 8.15. The SMILES string of the molecule is CC(C)COC(=O)Nc1nc2ccc(CN3CCC(C)CC3)cc2s1. The molecule has 1 aliphatic heterocycles. The molecular weight excluding hydrogens is 334 g/mol. The first kappa shape index (κ1) is 18.1. The number of fused-ring (bicyclic) bond motifs is 1. The zero-order valence-electron chi connectivity index (χ0n) is 15.2. The van der Waals surface area contributed by atoms with Gasteiger partial charge in [-0.25, -0.2) is 9.78 Å². The first-order chi connectivity index (χ1) is 12.0. The normalized spacial score (nSPS) is 16.5. The molecule has 5 nitrogen and oxygen atoms in total. The van der Waals surface area contributed by atoms with E-state index in [2.05, 4.69) is 34.3 Å². The number of aromatic nitrogens is 1. The number of amides is 1. The molecule has 0 radical (unpaired) electrons. The van der Waals surface area contributed by atoms with Gasteiger partial charge in [-0.3, -0.25) is 10.2 Å². The highest BCUT2D eigenvalue weighted by Crippen LogP contribution is 2.28. The van der Waals surface area contributed by atoms with Crippen molar-refractivity contribution in [1.82, 2.24) is 9.88 Å². The molecule has 0 spiro atoms. The van der Waals surface area contributed by atoms with Gasteiger partial charge in [0.15, 0.2) is 5.13 Å². The average Bonchev–Trinajstić information content (AvgIpc) is 2.96. The van der Waals surface area contributed by atoms with Crippen molar-refractivity contribution < 1.29 is 9.53 Å². The molecule has 1 fully saturated rings. The smallest absolute Gasteiger partial charge is 0.413 e. The third-order valence-electron chi connectivity index (χ3n) is 4.49. The van der Waals surface area contributed by atoms with Gasteiger partial charge in [0.2, 0.25) is 0 Å². The molecule has 1 N–H and O–H groups in total. The number of benzene rings is 1. The molecule has 1 aliphatic rings. The average molecular weight is 362 g/mol. The monoisotopic (exact) mass is 361 g/mol. The summed E-state index contributed by atoms with van der Waals surface area (Å²) >= 11 is 1.49. The fourth-order valence-electron chi connectivity index (χ4n) is 2.96. The summed E-state index contributed by atoms with van der Waals surface area (Å²) in [4.78, 5) is 18.8. The predicted molar refractivity (Wildman–Crippen MR) is 103 cm³/mol. The summed E-state index contributed by atoms with van der Waals surface area (Å²) in [5, 5.41) is 3.32. The van der Waals surface area contributed by atoms with Crippen LogP contribution in [0.3, 0.4) is 0 Å². The molecule has 2 aromatic rings. The Bertz CT molecular complexity index is 721. The highest BCUT2D eigenvalue weighted by Gasteiger charge is 2.16. The van der Waals surface area contributed by atoms with Gasteiger partial charge in [-0.05, 0) is 55.5 Å². The molecule has 1 aromatic heterocycles. The van der Waals surface area contributed by atoms with Crippen molar-refractivity contribution in [1.29, 1.82) is 0 Å². The van der Waals surface area contributed by atoms with Crippen LogP contribution in [0.15, 0.2) is 18.2 Å². The second-order valence-corrected chi connectivity index (χ2v) is 8.43. The Morgan fingerprint density at radius 3 is 2.88 bits per heavy atom. The van der Waals surface area contributed by atoms with Crippen LogP contribution in [0.2, 0.25) is 0 Å². The van der Waals surface area contributed by atoms with Gasteiger partial charge in [-0.15, -0.1) is 0 Å². The van der Waals surface area contributed by atoms with E-state index in [0.29, 0.717) is 17.7 Å². The zero-order valence-corrected chi connectivity index (χ0v) is 16.1. The predicted octanol–water partition coefficient (Wildman–Crippen LogP) is 4.73. The van der Waals surface area contributed by atoms with Crippen LogP contribution in [0.5, 0.6) is 0 Å². The van der Waals surface area contributed by atoms with Crippen molar-refractivity contribution in [2.24, 2.45) is 11.8 Å². The van der Waals surface area contributed by atoms with E-state index in [-0.39, 0.29) is 0 Å². The van der Waals surface area contributed by atoms with Crippen molar-refractivity contribution in [3.05, 3.63) is 23.8 Å². The molecule has 0 unspecified atom stereocenters. The fraction of sp³-hybridized carbons (Fsp3) is 0.579. The van der Waals surface area contributed by atoms with Crippen LogP contribution in [0.1, 0.15) is 39.2 Å². The quantitative estimate of drug-likeness (QED) is 0.836. The van der Waals surface area contributed by atoms with Crippen LogP contribution in [0.25, 0.3) is 10.2 Å². The van der Waals surface area contributed by atoms with E-state index in [1.165, 1.54) is 42.8 Å². The summed E-state index contributed by atoms with van der Waals surface area (Å²) in [7, 11) is 0. The van der Waals surface area contributed by atoms with Crippen LogP contribution in [0.4, 0.5) is 9.93 Å². The minimum atomic E-state index is -0.435. The van der Waals surface area contributed by atoms with Gasteiger partial charge in [-0.2, -0.15) is 0 Å². The first-order valence-electron chi connectivity index (χ1n) is 9.05. The highest BCUT2D eigenvalue weighted by molar-refractivity contribution is 7.22. The Morgan fingerprint density at radius 1 is 1.40 bits per heavy atom. The Morgan fingerprint density at radius 2 is 2.16 bits per heavy atom. The maximum atomic E-state index is 11.8. The molecule has 0 atom stereocenters. The van der Waals surface area contributed by atoms with Gasteiger partial charge in [-0.1, -0.05) is 38.2 Å². The molecular formula is C19H27N3O2S. The van der Waals surface area contributed by atoms with Gasteiger partial charge in [0.05, 0.1) is 16.8 Å². The summed E-state index contributed by atoms with van der Waals surface area (Å²) in [6, 6.07) is 6.37. The number of carbonyl (C=O) groups is 1. The van der Waals surface area contributed by atoms with Gasteiger partial charge >= 0.3 is 6.09 Å². The minimum Gasteiger partial charge on any atom is -0.449 e. The van der Waals surface area contributed by atoms with E-state index < -0.39 is 6.09 Å². The van der Waals surface area contributed by atoms with E-state index in [1.54, 1.807) is 0 Å². The van der Waals surface area contributed by atoms with Gasteiger partial charge in [0, 0.05) is 6.54 Å². The lowest BCUT2D eigenvalue weighted by Gasteiger charge is -2.30. The van der Waals surface area contributed by atoms with Crippen LogP contribution in [-0.4, -0.2) is 35.7 Å². The van der Waals surface area contributed by atoms with Crippen LogP contribution >= 0.6 is 11.3 Å². The minimum absolute atomic E-state index is 0.321. The third-order valence-corrected chi connectivity index (χ3v) is 5.43. The summed E-state index contributed by atoms with van der Waals surface area (Å²) in [5.74, 6) is 1.17. The van der Waals surface area contributed by atoms with Crippen molar-refractivity contribution in [2.75, 3.05) is 25.0 Å². The number of rotatable bonds is 5. The molecule has 1 aromatic carbocycles. The molecule has 1 amide bonds. The van der Waals surface area contributed by atoms with Crippen molar-refractivity contribution in [3.8, 4) is 0 Å². The molecule has 3 rings (SSSR count). The number of hydrogen-bond acceptors (Lipinski definition) is 5. The number of piperidine rings is 1. The van der Waals surface area contributed by atoms with E-state index in [0.717, 1.165) is 22.7 Å². The van der Waals surface area contributed by atoms with E-state index in [9.17, 15) is 4.79 Å². The number of anilines is 1. The molecule has 0 bridgehead atoms.